The van der Waals surface area contributed by atoms with Crippen molar-refractivity contribution in [2.45, 2.75) is 26.4 Å². The largest absolute Gasteiger partial charge is 0.467 e. The number of nitrogens with one attached hydrogen (secondary N) is 2. The molecule has 8 heteroatoms. The first-order valence-corrected chi connectivity index (χ1v) is 10.5. The van der Waals surface area contributed by atoms with Gasteiger partial charge in [-0.05, 0) is 35.6 Å². The third-order valence-corrected chi connectivity index (χ3v) is 5.26. The molecule has 0 radical (unpaired) electrons. The summed E-state index contributed by atoms with van der Waals surface area (Å²) in [5.41, 5.74) is 0.723. The first kappa shape index (κ1) is 21.4. The number of esters is 1. The van der Waals surface area contributed by atoms with Gasteiger partial charge in [-0.1, -0.05) is 32.0 Å². The molecule has 2 aromatic heterocycles. The van der Waals surface area contributed by atoms with Gasteiger partial charge in [-0.25, -0.2) is 14.8 Å². The monoisotopic (exact) mass is 424 g/mol. The van der Waals surface area contributed by atoms with E-state index in [9.17, 15) is 9.59 Å². The average Bonchev–Trinajstić information content (AvgIpc) is 3.27. The van der Waals surface area contributed by atoms with E-state index < -0.39 is 6.04 Å². The van der Waals surface area contributed by atoms with Crippen molar-refractivity contribution in [3.63, 3.8) is 0 Å². The standard InChI is InChI=1S/C22H24N4O3S/c1-14(2)20(22(28)29-3)26-21-16-8-4-5-9-17(16)24-18(25-21)13-23-19(27)11-10-15-7-6-12-30-15/h4-12,14,20H,13H2,1-3H3,(H,23,27)(H,24,25,26)/b11-10+. The minimum Gasteiger partial charge on any atom is -0.467 e. The highest BCUT2D eigenvalue weighted by Crippen LogP contribution is 2.22. The van der Waals surface area contributed by atoms with Gasteiger partial charge < -0.3 is 15.4 Å². The number of hydrogen-bond acceptors (Lipinski definition) is 7. The lowest BCUT2D eigenvalue weighted by atomic mass is 10.0. The van der Waals surface area contributed by atoms with Crippen LogP contribution in [0.25, 0.3) is 17.0 Å². The molecule has 1 amide bonds. The molecule has 3 aromatic rings. The number of para-hydroxylation sites is 1. The molecule has 0 aliphatic heterocycles. The number of ether oxygens (including phenoxy) is 1. The van der Waals surface area contributed by atoms with Crippen LogP contribution in [0, 0.1) is 5.92 Å². The van der Waals surface area contributed by atoms with E-state index in [1.807, 2.05) is 55.6 Å². The molecule has 3 rings (SSSR count). The zero-order valence-electron chi connectivity index (χ0n) is 17.1. The molecule has 0 spiro atoms. The van der Waals surface area contributed by atoms with Gasteiger partial charge in [0.15, 0.2) is 5.82 Å². The van der Waals surface area contributed by atoms with Crippen molar-refractivity contribution >= 4 is 46.0 Å². The maximum Gasteiger partial charge on any atom is 0.328 e. The number of methoxy groups -OCH3 is 1. The first-order valence-electron chi connectivity index (χ1n) is 9.57. The average molecular weight is 425 g/mol. The van der Waals surface area contributed by atoms with Gasteiger partial charge in [0.2, 0.25) is 5.91 Å². The zero-order chi connectivity index (χ0) is 21.5. The number of nitrogens with zero attached hydrogens (tertiary/aromatic N) is 2. The number of fused-ring (bicyclic) bond motifs is 1. The van der Waals surface area contributed by atoms with Crippen LogP contribution < -0.4 is 10.6 Å². The molecule has 0 saturated heterocycles. The lowest BCUT2D eigenvalue weighted by Gasteiger charge is -2.21. The van der Waals surface area contributed by atoms with Crippen LogP contribution >= 0.6 is 11.3 Å². The number of amides is 1. The van der Waals surface area contributed by atoms with Crippen LogP contribution in [0.4, 0.5) is 5.82 Å². The normalized spacial score (nSPS) is 12.3. The van der Waals surface area contributed by atoms with Gasteiger partial charge in [0.25, 0.3) is 0 Å². The molecule has 0 saturated carbocycles. The quantitative estimate of drug-likeness (QED) is 0.424. The van der Waals surface area contributed by atoms with Gasteiger partial charge >= 0.3 is 5.97 Å². The second kappa shape index (κ2) is 9.98. The van der Waals surface area contributed by atoms with Gasteiger partial charge in [-0.2, -0.15) is 0 Å². The highest BCUT2D eigenvalue weighted by molar-refractivity contribution is 7.10. The van der Waals surface area contributed by atoms with Crippen molar-refractivity contribution in [2.24, 2.45) is 5.92 Å². The van der Waals surface area contributed by atoms with Crippen LogP contribution in [0.1, 0.15) is 24.5 Å². The van der Waals surface area contributed by atoms with Crippen LogP contribution in [0.3, 0.4) is 0 Å². The van der Waals surface area contributed by atoms with E-state index in [2.05, 4.69) is 20.6 Å². The Kier molecular flexibility index (Phi) is 7.13. The molecule has 0 bridgehead atoms. The van der Waals surface area contributed by atoms with Crippen LogP contribution in [0.5, 0.6) is 0 Å². The van der Waals surface area contributed by atoms with Gasteiger partial charge in [0, 0.05) is 16.3 Å². The fraction of sp³-hybridized carbons (Fsp3) is 0.273. The Labute approximate surface area is 179 Å². The Morgan fingerprint density at radius 1 is 1.17 bits per heavy atom. The van der Waals surface area contributed by atoms with E-state index >= 15 is 0 Å². The molecule has 0 aliphatic carbocycles. The summed E-state index contributed by atoms with van der Waals surface area (Å²) in [6, 6.07) is 10.8. The molecule has 7 nitrogen and oxygen atoms in total. The Hall–Kier alpha value is -3.26. The number of rotatable bonds is 8. The van der Waals surface area contributed by atoms with Crippen molar-refractivity contribution in [1.82, 2.24) is 15.3 Å². The maximum absolute atomic E-state index is 12.2. The summed E-state index contributed by atoms with van der Waals surface area (Å²) in [6.45, 7) is 4.02. The van der Waals surface area contributed by atoms with Crippen molar-refractivity contribution in [2.75, 3.05) is 12.4 Å². The molecule has 30 heavy (non-hydrogen) atoms. The highest BCUT2D eigenvalue weighted by Gasteiger charge is 2.24. The fourth-order valence-corrected chi connectivity index (χ4v) is 3.47. The number of carbonyl (C=O) groups excluding carboxylic acids is 2. The molecule has 2 heterocycles. The SMILES string of the molecule is COC(=O)C(Nc1nc(CNC(=O)/C=C/c2cccs2)nc2ccccc12)C(C)C. The summed E-state index contributed by atoms with van der Waals surface area (Å²) < 4.78 is 4.92. The predicted molar refractivity (Wildman–Crippen MR) is 119 cm³/mol. The summed E-state index contributed by atoms with van der Waals surface area (Å²) in [4.78, 5) is 34.4. The summed E-state index contributed by atoms with van der Waals surface area (Å²) in [5, 5.41) is 8.73. The van der Waals surface area contributed by atoms with Crippen LogP contribution in [0.15, 0.2) is 47.9 Å². The molecule has 0 fully saturated rings. The van der Waals surface area contributed by atoms with Gasteiger partial charge in [0.1, 0.15) is 11.9 Å². The summed E-state index contributed by atoms with van der Waals surface area (Å²) in [6.07, 6.45) is 3.25. The zero-order valence-corrected chi connectivity index (χ0v) is 17.9. The molecule has 0 aliphatic rings. The Bertz CT molecular complexity index is 1050. The van der Waals surface area contributed by atoms with Crippen molar-refractivity contribution < 1.29 is 14.3 Å². The van der Waals surface area contributed by atoms with Gasteiger partial charge in [-0.15, -0.1) is 11.3 Å². The lowest BCUT2D eigenvalue weighted by Crippen LogP contribution is -2.36. The smallest absolute Gasteiger partial charge is 0.328 e. The minimum absolute atomic E-state index is 0.00304. The van der Waals surface area contributed by atoms with E-state index in [0.29, 0.717) is 11.6 Å². The molecule has 1 unspecified atom stereocenters. The maximum atomic E-state index is 12.2. The molecular weight excluding hydrogens is 400 g/mol. The van der Waals surface area contributed by atoms with Crippen molar-refractivity contribution in [3.05, 3.63) is 58.6 Å². The molecule has 1 aromatic carbocycles. The van der Waals surface area contributed by atoms with Gasteiger partial charge in [0.05, 0.1) is 19.2 Å². The van der Waals surface area contributed by atoms with Gasteiger partial charge in [-0.3, -0.25) is 4.79 Å². The fourth-order valence-electron chi connectivity index (χ4n) is 2.85. The lowest BCUT2D eigenvalue weighted by molar-refractivity contribution is -0.142. The van der Waals surface area contributed by atoms with E-state index in [1.165, 1.54) is 13.2 Å². The van der Waals surface area contributed by atoms with E-state index in [1.54, 1.807) is 17.4 Å². The van der Waals surface area contributed by atoms with Crippen LogP contribution in [0.2, 0.25) is 0 Å². The second-order valence-corrected chi connectivity index (χ2v) is 7.94. The Morgan fingerprint density at radius 2 is 1.97 bits per heavy atom. The molecule has 1 atom stereocenters. The molecular formula is C22H24N4O3S. The van der Waals surface area contributed by atoms with E-state index in [-0.39, 0.29) is 24.3 Å². The minimum atomic E-state index is -0.551. The third-order valence-electron chi connectivity index (χ3n) is 4.43. The Balaban J connectivity index is 1.80. The number of thiophene rings is 1. The summed E-state index contributed by atoms with van der Waals surface area (Å²) in [5.74, 6) is 0.381. The number of carbonyl (C=O) groups is 2. The Morgan fingerprint density at radius 3 is 2.67 bits per heavy atom. The highest BCUT2D eigenvalue weighted by atomic mass is 32.1. The predicted octanol–water partition coefficient (Wildman–Crippen LogP) is 3.63. The molecule has 156 valence electrons. The topological polar surface area (TPSA) is 93.2 Å². The number of aromatic nitrogens is 2. The second-order valence-electron chi connectivity index (χ2n) is 6.96. The van der Waals surface area contributed by atoms with Crippen LogP contribution in [-0.4, -0.2) is 35.0 Å². The molecule has 2 N–H and O–H groups in total. The number of anilines is 1. The number of hydrogen-bond donors (Lipinski definition) is 2. The number of benzene rings is 1. The van der Waals surface area contributed by atoms with Crippen molar-refractivity contribution in [3.8, 4) is 0 Å². The first-order chi connectivity index (χ1) is 14.5. The summed E-state index contributed by atoms with van der Waals surface area (Å²) >= 11 is 1.56. The van der Waals surface area contributed by atoms with Crippen molar-refractivity contribution in [1.29, 1.82) is 0 Å². The van der Waals surface area contributed by atoms with E-state index in [4.69, 9.17) is 4.74 Å². The summed E-state index contributed by atoms with van der Waals surface area (Å²) in [7, 11) is 1.36. The van der Waals surface area contributed by atoms with E-state index in [0.717, 1.165) is 15.8 Å². The van der Waals surface area contributed by atoms with Crippen LogP contribution in [-0.2, 0) is 20.9 Å². The third kappa shape index (κ3) is 5.42.